The molecule has 286 valence electrons. The number of carbonyl (C=O) groups excluding carboxylic acids is 3. The van der Waals surface area contributed by atoms with Crippen LogP contribution in [0.4, 0.5) is 0 Å². The highest BCUT2D eigenvalue weighted by molar-refractivity contribution is 5.87. The van der Waals surface area contributed by atoms with E-state index in [9.17, 15) is 29.4 Å². The van der Waals surface area contributed by atoms with Crippen molar-refractivity contribution < 1.29 is 53.1 Å². The zero-order chi connectivity index (χ0) is 37.0. The molecule has 6 aliphatic carbocycles. The van der Waals surface area contributed by atoms with Crippen LogP contribution in [0.25, 0.3) is 0 Å². The fourth-order valence-corrected chi connectivity index (χ4v) is 11.4. The first-order chi connectivity index (χ1) is 24.7. The fraction of sp³-hybridized carbons (Fsp3) is 0.756. The third-order valence-electron chi connectivity index (χ3n) is 13.2. The Morgan fingerprint density at radius 1 is 0.865 bits per heavy atom. The Morgan fingerprint density at radius 3 is 2.25 bits per heavy atom. The number of hydrogen-bond acceptors (Lipinski definition) is 10. The molecule has 0 amide bonds. The average molecular weight is 725 g/mol. The summed E-state index contributed by atoms with van der Waals surface area (Å²) < 4.78 is 30.9. The maximum atomic E-state index is 14.1. The van der Waals surface area contributed by atoms with Crippen LogP contribution in [-0.4, -0.2) is 78.0 Å². The number of hydrogen-bond donors (Lipinski definition) is 2. The van der Waals surface area contributed by atoms with Gasteiger partial charge in [0.25, 0.3) is 0 Å². The molecule has 0 aromatic rings. The van der Waals surface area contributed by atoms with E-state index < -0.39 is 58.9 Å². The first-order valence-electron chi connectivity index (χ1n) is 19.5. The van der Waals surface area contributed by atoms with Crippen LogP contribution in [0.15, 0.2) is 35.5 Å². The Kier molecular flexibility index (Phi) is 10.3. The summed E-state index contributed by atoms with van der Waals surface area (Å²) in [6.45, 7) is 9.27. The summed E-state index contributed by atoms with van der Waals surface area (Å²) in [5.41, 5.74) is -0.00238. The number of fused-ring (bicyclic) bond motifs is 6. The number of carbonyl (C=O) groups is 4. The molecule has 11 nitrogen and oxygen atoms in total. The molecule has 12 atom stereocenters. The van der Waals surface area contributed by atoms with Crippen molar-refractivity contribution in [2.75, 3.05) is 13.2 Å². The van der Waals surface area contributed by atoms with E-state index in [4.69, 9.17) is 23.7 Å². The lowest BCUT2D eigenvalue weighted by Gasteiger charge is -2.47. The van der Waals surface area contributed by atoms with E-state index in [1.165, 1.54) is 0 Å². The summed E-state index contributed by atoms with van der Waals surface area (Å²) in [4.78, 5) is 52.9. The van der Waals surface area contributed by atoms with Crippen molar-refractivity contribution in [1.82, 2.24) is 0 Å². The first kappa shape index (κ1) is 37.3. The third-order valence-corrected chi connectivity index (χ3v) is 13.2. The summed E-state index contributed by atoms with van der Waals surface area (Å²) in [5.74, 6) is -1.55. The van der Waals surface area contributed by atoms with Gasteiger partial charge in [-0.3, -0.25) is 14.4 Å². The highest BCUT2D eigenvalue weighted by atomic mass is 16.7. The van der Waals surface area contributed by atoms with Crippen molar-refractivity contribution >= 4 is 23.9 Å². The Morgan fingerprint density at radius 2 is 1.56 bits per heavy atom. The molecule has 0 aromatic carbocycles. The van der Waals surface area contributed by atoms with E-state index in [2.05, 4.69) is 32.6 Å². The lowest BCUT2D eigenvalue weighted by atomic mass is 9.58. The standard InChI is InChI=1S/C41H56O11/c1-23(2)34(43)50-31-12-28-9-25(4)14-41(17-28,20-31)38(47)49-22-33-32(21-48-37(46)40-13-24(3)8-27(16-40)11-30(42)19-40)51-35(52-33)29-10-26-6-5-7-39(15-26,18-29)36(44)45/h9-10,24-25,27,29-33,35,42H,1,5-8,11-22H2,2-4H3,(H,44,45). The largest absolute Gasteiger partial charge is 0.481 e. The minimum atomic E-state index is -0.866. The number of aliphatic carboxylic acids is 1. The predicted molar refractivity (Wildman–Crippen MR) is 187 cm³/mol. The number of rotatable bonds is 10. The van der Waals surface area contributed by atoms with E-state index in [1.807, 2.05) is 0 Å². The molecule has 2 N–H and O–H groups in total. The molecule has 7 rings (SSSR count). The van der Waals surface area contributed by atoms with E-state index >= 15 is 0 Å². The maximum absolute atomic E-state index is 14.1. The number of allylic oxidation sites excluding steroid dienone is 2. The van der Waals surface area contributed by atoms with Gasteiger partial charge in [0.2, 0.25) is 0 Å². The summed E-state index contributed by atoms with van der Waals surface area (Å²) in [5, 5.41) is 20.9. The molecule has 1 heterocycles. The van der Waals surface area contributed by atoms with Crippen LogP contribution in [0, 0.1) is 39.9 Å². The van der Waals surface area contributed by atoms with Crippen LogP contribution in [0.3, 0.4) is 0 Å². The van der Waals surface area contributed by atoms with Crippen molar-refractivity contribution in [1.29, 1.82) is 0 Å². The van der Waals surface area contributed by atoms with Gasteiger partial charge in [-0.1, -0.05) is 43.7 Å². The first-order valence-corrected chi connectivity index (χ1v) is 19.5. The number of carboxylic acids is 1. The minimum absolute atomic E-state index is 0.115. The topological polar surface area (TPSA) is 155 Å². The van der Waals surface area contributed by atoms with Gasteiger partial charge in [-0.25, -0.2) is 4.79 Å². The summed E-state index contributed by atoms with van der Waals surface area (Å²) in [7, 11) is 0. The van der Waals surface area contributed by atoms with Gasteiger partial charge in [0, 0.05) is 24.3 Å². The van der Waals surface area contributed by atoms with Crippen LogP contribution in [0.5, 0.6) is 0 Å². The van der Waals surface area contributed by atoms with Gasteiger partial charge < -0.3 is 33.9 Å². The predicted octanol–water partition coefficient (Wildman–Crippen LogP) is 5.98. The number of aliphatic hydroxyl groups excluding tert-OH is 1. The third kappa shape index (κ3) is 7.38. The number of carboxylic acid groups (broad SMARTS) is 1. The second-order valence-electron chi connectivity index (χ2n) is 17.9. The lowest BCUT2D eigenvalue weighted by molar-refractivity contribution is -0.173. The quantitative estimate of drug-likeness (QED) is 0.118. The van der Waals surface area contributed by atoms with Gasteiger partial charge in [-0.15, -0.1) is 0 Å². The summed E-state index contributed by atoms with van der Waals surface area (Å²) >= 11 is 0. The molecule has 5 fully saturated rings. The number of aliphatic hydroxyl groups is 1. The average Bonchev–Trinajstić information content (AvgIpc) is 3.47. The van der Waals surface area contributed by atoms with Crippen molar-refractivity contribution in [3.63, 3.8) is 0 Å². The molecule has 0 radical (unpaired) electrons. The van der Waals surface area contributed by atoms with Gasteiger partial charge >= 0.3 is 23.9 Å². The van der Waals surface area contributed by atoms with Gasteiger partial charge in [0.1, 0.15) is 31.5 Å². The molecule has 1 saturated heterocycles. The van der Waals surface area contributed by atoms with Crippen LogP contribution < -0.4 is 0 Å². The van der Waals surface area contributed by atoms with Crippen molar-refractivity contribution in [2.45, 2.75) is 141 Å². The molecule has 0 spiro atoms. The minimum Gasteiger partial charge on any atom is -0.481 e. The molecule has 52 heavy (non-hydrogen) atoms. The normalized spacial score (nSPS) is 42.3. The monoisotopic (exact) mass is 724 g/mol. The van der Waals surface area contributed by atoms with Crippen molar-refractivity contribution in [2.24, 2.45) is 39.9 Å². The smallest absolute Gasteiger partial charge is 0.333 e. The van der Waals surface area contributed by atoms with Crippen molar-refractivity contribution in [3.05, 3.63) is 35.5 Å². The molecular weight excluding hydrogens is 668 g/mol. The molecule has 0 aromatic heterocycles. The molecule has 4 saturated carbocycles. The Hall–Kier alpha value is -3.02. The number of ether oxygens (including phenoxy) is 5. The number of esters is 3. The van der Waals surface area contributed by atoms with Gasteiger partial charge in [-0.2, -0.15) is 0 Å². The van der Waals surface area contributed by atoms with Crippen LogP contribution >= 0.6 is 0 Å². The van der Waals surface area contributed by atoms with Gasteiger partial charge in [-0.05, 0) is 102 Å². The zero-order valence-electron chi connectivity index (χ0n) is 30.9. The van der Waals surface area contributed by atoms with E-state index in [0.717, 1.165) is 30.4 Å². The molecule has 1 aliphatic heterocycles. The molecule has 6 bridgehead atoms. The second-order valence-corrected chi connectivity index (χ2v) is 17.9. The van der Waals surface area contributed by atoms with Crippen LogP contribution in [0.2, 0.25) is 0 Å². The van der Waals surface area contributed by atoms with E-state index in [1.54, 1.807) is 6.92 Å². The zero-order valence-corrected chi connectivity index (χ0v) is 30.9. The fourth-order valence-electron chi connectivity index (χ4n) is 11.4. The SMILES string of the molecule is C=C(C)C(=O)OC1CC2=CC(C)CC(C(=O)OCC3OC(C4C=C5CCCC(C(=O)O)(C5)C4)OC3COC(=O)C34CC(C)CC(CC(O)C3)C4)(C2)C1. The Labute approximate surface area is 306 Å². The van der Waals surface area contributed by atoms with Crippen LogP contribution in [0.1, 0.15) is 111 Å². The second kappa shape index (κ2) is 14.3. The van der Waals surface area contributed by atoms with Crippen LogP contribution in [-0.2, 0) is 42.9 Å². The van der Waals surface area contributed by atoms with Crippen molar-refractivity contribution in [3.8, 4) is 0 Å². The highest BCUT2D eigenvalue weighted by Crippen LogP contribution is 2.53. The molecule has 7 aliphatic rings. The van der Waals surface area contributed by atoms with Gasteiger partial charge in [0.05, 0.1) is 22.3 Å². The molecule has 11 heteroatoms. The maximum Gasteiger partial charge on any atom is 0.333 e. The Bertz CT molecular complexity index is 1510. The highest BCUT2D eigenvalue weighted by Gasteiger charge is 2.54. The van der Waals surface area contributed by atoms with E-state index in [0.29, 0.717) is 82.1 Å². The lowest BCUT2D eigenvalue weighted by Crippen LogP contribution is -2.48. The molecular formula is C41H56O11. The van der Waals surface area contributed by atoms with E-state index in [-0.39, 0.29) is 42.9 Å². The molecule has 12 unspecified atom stereocenters. The van der Waals surface area contributed by atoms with Gasteiger partial charge in [0.15, 0.2) is 6.29 Å². The summed E-state index contributed by atoms with van der Waals surface area (Å²) in [6, 6.07) is 0. The Balaban J connectivity index is 1.07. The summed E-state index contributed by atoms with van der Waals surface area (Å²) in [6.07, 6.45) is 9.55.